The number of para-hydroxylation sites is 1. The van der Waals surface area contributed by atoms with Crippen molar-refractivity contribution in [3.63, 3.8) is 0 Å². The van der Waals surface area contributed by atoms with Crippen molar-refractivity contribution in [2.75, 3.05) is 11.7 Å². The fourth-order valence-electron chi connectivity index (χ4n) is 1.58. The largest absolute Gasteiger partial charge is 0.355 e. The van der Waals surface area contributed by atoms with E-state index in [1.807, 2.05) is 67.6 Å². The van der Waals surface area contributed by atoms with Gasteiger partial charge in [0.25, 0.3) is 0 Å². The lowest BCUT2D eigenvalue weighted by atomic mass is 10.3. The third kappa shape index (κ3) is 4.71. The number of benzene rings is 2. The quantitative estimate of drug-likeness (QED) is 0.693. The van der Waals surface area contributed by atoms with E-state index in [-0.39, 0.29) is 0 Å². The molecule has 20 heavy (non-hydrogen) atoms. The molecule has 0 aromatic heterocycles. The molecule has 0 aliphatic heterocycles. The molecule has 2 aromatic rings. The lowest BCUT2D eigenvalue weighted by Gasteiger charge is -2.19. The summed E-state index contributed by atoms with van der Waals surface area (Å²) in [4.78, 5) is 0.926. The minimum Gasteiger partial charge on any atom is -0.307 e. The van der Waals surface area contributed by atoms with E-state index in [0.29, 0.717) is 6.61 Å². The van der Waals surface area contributed by atoms with Gasteiger partial charge in [0.05, 0.1) is 6.61 Å². The Kier molecular flexibility index (Phi) is 5.72. The van der Waals surface area contributed by atoms with Crippen LogP contribution in [-0.2, 0) is 9.09 Å². The molecule has 106 valence electrons. The molecular formula is C15H18NO2PS. The van der Waals surface area contributed by atoms with Crippen LogP contribution in [0.4, 0.5) is 5.69 Å². The SMILES string of the molecule is CCCOP(=O)(Nc1ccccc1)Sc1ccccc1. The van der Waals surface area contributed by atoms with Gasteiger partial charge in [-0.1, -0.05) is 43.3 Å². The van der Waals surface area contributed by atoms with Crippen LogP contribution in [0.25, 0.3) is 0 Å². The molecule has 2 rings (SSSR count). The summed E-state index contributed by atoms with van der Waals surface area (Å²) in [6, 6.07) is 19.1. The van der Waals surface area contributed by atoms with Crippen LogP contribution in [0.1, 0.15) is 13.3 Å². The summed E-state index contributed by atoms with van der Waals surface area (Å²) in [5, 5.41) is 3.03. The molecule has 1 N–H and O–H groups in total. The molecule has 1 atom stereocenters. The van der Waals surface area contributed by atoms with Crippen LogP contribution in [-0.4, -0.2) is 6.61 Å². The second-order valence-corrected chi connectivity index (χ2v) is 8.33. The number of anilines is 1. The summed E-state index contributed by atoms with van der Waals surface area (Å²) in [5.41, 5.74) is 0.801. The van der Waals surface area contributed by atoms with Gasteiger partial charge in [-0.3, -0.25) is 4.57 Å². The van der Waals surface area contributed by atoms with Crippen LogP contribution in [0.15, 0.2) is 65.6 Å². The molecule has 0 amide bonds. The Morgan fingerprint density at radius 1 is 1.05 bits per heavy atom. The lowest BCUT2D eigenvalue weighted by Crippen LogP contribution is -1.99. The first-order valence-electron chi connectivity index (χ1n) is 6.54. The number of rotatable bonds is 7. The Morgan fingerprint density at radius 3 is 2.25 bits per heavy atom. The fourth-order valence-corrected chi connectivity index (χ4v) is 5.22. The highest BCUT2D eigenvalue weighted by molar-refractivity contribution is 8.57. The number of nitrogens with one attached hydrogen (secondary N) is 1. The van der Waals surface area contributed by atoms with Crippen molar-refractivity contribution in [1.29, 1.82) is 0 Å². The predicted octanol–water partition coefficient (Wildman–Crippen LogP) is 5.43. The molecule has 0 bridgehead atoms. The van der Waals surface area contributed by atoms with E-state index in [9.17, 15) is 4.57 Å². The van der Waals surface area contributed by atoms with Crippen LogP contribution in [0.3, 0.4) is 0 Å². The van der Waals surface area contributed by atoms with Crippen molar-refractivity contribution in [3.8, 4) is 0 Å². The zero-order valence-electron chi connectivity index (χ0n) is 11.4. The van der Waals surface area contributed by atoms with E-state index in [4.69, 9.17) is 4.52 Å². The van der Waals surface area contributed by atoms with Gasteiger partial charge in [-0.2, -0.15) is 0 Å². The first-order valence-corrected chi connectivity index (χ1v) is 9.59. The van der Waals surface area contributed by atoms with Gasteiger partial charge in [-0.05, 0) is 42.1 Å². The van der Waals surface area contributed by atoms with E-state index >= 15 is 0 Å². The Hall–Kier alpha value is -1.22. The highest BCUT2D eigenvalue weighted by Crippen LogP contribution is 2.62. The summed E-state index contributed by atoms with van der Waals surface area (Å²) in [7, 11) is 0. The Balaban J connectivity index is 2.15. The molecule has 5 heteroatoms. The van der Waals surface area contributed by atoms with Crippen molar-refractivity contribution in [2.45, 2.75) is 18.2 Å². The van der Waals surface area contributed by atoms with E-state index < -0.39 is 6.72 Å². The van der Waals surface area contributed by atoms with Crippen molar-refractivity contribution in [2.24, 2.45) is 0 Å². The van der Waals surface area contributed by atoms with Gasteiger partial charge >= 0.3 is 6.72 Å². The zero-order chi connectivity index (χ0) is 14.3. The standard InChI is InChI=1S/C15H18NO2PS/c1-2-13-18-19(17,16-14-9-5-3-6-10-14)20-15-11-7-4-8-12-15/h3-12H,2,13H2,1H3,(H,16,17). The second kappa shape index (κ2) is 7.53. The molecule has 0 aliphatic carbocycles. The van der Waals surface area contributed by atoms with Crippen molar-refractivity contribution in [3.05, 3.63) is 60.7 Å². The minimum atomic E-state index is -3.01. The van der Waals surface area contributed by atoms with Crippen molar-refractivity contribution in [1.82, 2.24) is 0 Å². The topological polar surface area (TPSA) is 38.3 Å². The predicted molar refractivity (Wildman–Crippen MR) is 86.2 cm³/mol. The summed E-state index contributed by atoms with van der Waals surface area (Å²) in [6.45, 7) is -0.544. The average Bonchev–Trinajstić information content (AvgIpc) is 2.47. The van der Waals surface area contributed by atoms with Crippen molar-refractivity contribution < 1.29 is 9.09 Å². The second-order valence-electron chi connectivity index (χ2n) is 4.21. The Bertz CT molecular complexity index is 517. The average molecular weight is 307 g/mol. The van der Waals surface area contributed by atoms with E-state index in [1.54, 1.807) is 0 Å². The third-order valence-corrected chi connectivity index (χ3v) is 6.20. The maximum atomic E-state index is 12.9. The monoisotopic (exact) mass is 307 g/mol. The van der Waals surface area contributed by atoms with Crippen molar-refractivity contribution >= 4 is 23.8 Å². The fraction of sp³-hybridized carbons (Fsp3) is 0.200. The maximum absolute atomic E-state index is 12.9. The minimum absolute atomic E-state index is 0.469. The van der Waals surface area contributed by atoms with Crippen LogP contribution in [0, 0.1) is 0 Å². The molecule has 2 aromatic carbocycles. The molecule has 0 heterocycles. The van der Waals surface area contributed by atoms with Gasteiger partial charge in [0.15, 0.2) is 0 Å². The van der Waals surface area contributed by atoms with Crippen LogP contribution in [0.5, 0.6) is 0 Å². The summed E-state index contributed by atoms with van der Waals surface area (Å²) in [6.07, 6.45) is 0.829. The highest BCUT2D eigenvalue weighted by Gasteiger charge is 2.25. The number of hydrogen-bond donors (Lipinski definition) is 1. The number of hydrogen-bond acceptors (Lipinski definition) is 3. The van der Waals surface area contributed by atoms with Gasteiger partial charge in [0, 0.05) is 10.6 Å². The van der Waals surface area contributed by atoms with E-state index in [1.165, 1.54) is 11.4 Å². The van der Waals surface area contributed by atoms with Gasteiger partial charge < -0.3 is 9.61 Å². The highest BCUT2D eigenvalue weighted by atomic mass is 32.7. The zero-order valence-corrected chi connectivity index (χ0v) is 13.1. The summed E-state index contributed by atoms with van der Waals surface area (Å²) < 4.78 is 18.5. The lowest BCUT2D eigenvalue weighted by molar-refractivity contribution is 0.328. The van der Waals surface area contributed by atoms with Crippen LogP contribution in [0.2, 0.25) is 0 Å². The molecule has 1 unspecified atom stereocenters. The van der Waals surface area contributed by atoms with Gasteiger partial charge in [-0.25, -0.2) is 0 Å². The Morgan fingerprint density at radius 2 is 1.65 bits per heavy atom. The van der Waals surface area contributed by atoms with Crippen LogP contribution >= 0.6 is 18.1 Å². The molecular weight excluding hydrogens is 289 g/mol. The van der Waals surface area contributed by atoms with E-state index in [2.05, 4.69) is 5.09 Å². The third-order valence-electron chi connectivity index (χ3n) is 2.47. The molecule has 0 fully saturated rings. The molecule has 3 nitrogen and oxygen atoms in total. The van der Waals surface area contributed by atoms with Gasteiger partial charge in [-0.15, -0.1) is 0 Å². The first-order chi connectivity index (χ1) is 9.72. The van der Waals surface area contributed by atoms with E-state index in [0.717, 1.165) is 17.0 Å². The maximum Gasteiger partial charge on any atom is 0.355 e. The summed E-state index contributed by atoms with van der Waals surface area (Å²) >= 11 is 1.25. The molecule has 0 spiro atoms. The molecule has 0 radical (unpaired) electrons. The normalized spacial score (nSPS) is 13.7. The molecule has 0 aliphatic rings. The molecule has 0 saturated heterocycles. The smallest absolute Gasteiger partial charge is 0.307 e. The van der Waals surface area contributed by atoms with Crippen LogP contribution < -0.4 is 5.09 Å². The summed E-state index contributed by atoms with van der Waals surface area (Å²) in [5.74, 6) is 0. The first kappa shape index (κ1) is 15.2. The van der Waals surface area contributed by atoms with Gasteiger partial charge in [0.1, 0.15) is 0 Å². The Labute approximate surface area is 124 Å². The van der Waals surface area contributed by atoms with Gasteiger partial charge in [0.2, 0.25) is 0 Å². The molecule has 0 saturated carbocycles.